The maximum atomic E-state index is 4.76. The highest BCUT2D eigenvalue weighted by molar-refractivity contribution is 5.30. The van der Waals surface area contributed by atoms with Gasteiger partial charge in [0.05, 0.1) is 6.20 Å². The summed E-state index contributed by atoms with van der Waals surface area (Å²) in [5.41, 5.74) is 0.890. The van der Waals surface area contributed by atoms with Gasteiger partial charge in [0.1, 0.15) is 6.61 Å². The van der Waals surface area contributed by atoms with E-state index in [1.165, 1.54) is 0 Å². The molecule has 0 aliphatic heterocycles. The lowest BCUT2D eigenvalue weighted by molar-refractivity contribution is 0.240. The van der Waals surface area contributed by atoms with Crippen molar-refractivity contribution >= 4 is 0 Å². The number of hydrogen-bond acceptors (Lipinski definition) is 2. The molecule has 55 valence electrons. The minimum atomic E-state index is 0.457. The van der Waals surface area contributed by atoms with Gasteiger partial charge in [-0.25, -0.2) is 0 Å². The number of ether oxygens (including phenoxy) is 1. The molecule has 0 unspecified atom stereocenters. The van der Waals surface area contributed by atoms with Crippen molar-refractivity contribution in [2.24, 2.45) is 0 Å². The van der Waals surface area contributed by atoms with E-state index in [1.54, 1.807) is 19.4 Å². The van der Waals surface area contributed by atoms with Crippen LogP contribution in [-0.2, 0) is 4.74 Å². The molecule has 0 saturated carbocycles. The molecule has 0 spiro atoms. The number of pyridine rings is 1. The summed E-state index contributed by atoms with van der Waals surface area (Å²) in [5.74, 6) is 5.71. The van der Waals surface area contributed by atoms with E-state index in [1.807, 2.05) is 6.07 Å². The molecule has 0 fully saturated rings. The third-order valence-corrected chi connectivity index (χ3v) is 1.06. The highest BCUT2D eigenvalue weighted by Crippen LogP contribution is 1.90. The van der Waals surface area contributed by atoms with Crippen molar-refractivity contribution < 1.29 is 4.74 Å². The van der Waals surface area contributed by atoms with Gasteiger partial charge in [0.15, 0.2) is 0 Å². The summed E-state index contributed by atoms with van der Waals surface area (Å²) in [5, 5.41) is 0. The SMILES string of the molecule is COCC#Cc1cc[c]nc1. The van der Waals surface area contributed by atoms with Gasteiger partial charge in [0.2, 0.25) is 0 Å². The second-order valence-electron chi connectivity index (χ2n) is 1.91. The van der Waals surface area contributed by atoms with E-state index in [2.05, 4.69) is 23.0 Å². The van der Waals surface area contributed by atoms with Crippen LogP contribution < -0.4 is 0 Å². The predicted octanol–water partition coefficient (Wildman–Crippen LogP) is 0.880. The molecular weight excluding hydrogens is 138 g/mol. The van der Waals surface area contributed by atoms with Crippen molar-refractivity contribution in [3.8, 4) is 11.8 Å². The Morgan fingerprint density at radius 3 is 3.27 bits per heavy atom. The Hall–Kier alpha value is -1.33. The Kier molecular flexibility index (Phi) is 3.17. The Bertz CT molecular complexity index is 258. The summed E-state index contributed by atoms with van der Waals surface area (Å²) < 4.78 is 4.76. The van der Waals surface area contributed by atoms with E-state index in [-0.39, 0.29) is 0 Å². The summed E-state index contributed by atoms with van der Waals surface area (Å²) in [6, 6.07) is 3.59. The van der Waals surface area contributed by atoms with Crippen LogP contribution in [0, 0.1) is 18.0 Å². The summed E-state index contributed by atoms with van der Waals surface area (Å²) in [6.45, 7) is 0.457. The molecule has 0 aliphatic carbocycles. The Labute approximate surface area is 66.2 Å². The first kappa shape index (κ1) is 7.77. The van der Waals surface area contributed by atoms with Crippen LogP contribution in [0.2, 0.25) is 0 Å². The van der Waals surface area contributed by atoms with Crippen LogP contribution >= 0.6 is 0 Å². The van der Waals surface area contributed by atoms with Crippen molar-refractivity contribution in [2.75, 3.05) is 13.7 Å². The van der Waals surface area contributed by atoms with E-state index < -0.39 is 0 Å². The Morgan fingerprint density at radius 2 is 2.64 bits per heavy atom. The largest absolute Gasteiger partial charge is 0.372 e. The van der Waals surface area contributed by atoms with Gasteiger partial charge in [0, 0.05) is 18.9 Å². The van der Waals surface area contributed by atoms with E-state index >= 15 is 0 Å². The average Bonchev–Trinajstić information content (AvgIpc) is 2.07. The molecule has 2 heteroatoms. The third-order valence-electron chi connectivity index (χ3n) is 1.06. The first-order valence-corrected chi connectivity index (χ1v) is 3.23. The van der Waals surface area contributed by atoms with Gasteiger partial charge < -0.3 is 4.74 Å². The van der Waals surface area contributed by atoms with E-state index in [0.29, 0.717) is 6.61 Å². The molecule has 1 aromatic rings. The molecule has 0 aliphatic rings. The number of rotatable bonds is 1. The van der Waals surface area contributed by atoms with Gasteiger partial charge in [-0.05, 0) is 12.1 Å². The van der Waals surface area contributed by atoms with E-state index in [0.717, 1.165) is 5.56 Å². The van der Waals surface area contributed by atoms with Crippen molar-refractivity contribution in [2.45, 2.75) is 0 Å². The Balaban J connectivity index is 2.59. The quantitative estimate of drug-likeness (QED) is 0.549. The van der Waals surface area contributed by atoms with Crippen LogP contribution in [-0.4, -0.2) is 18.7 Å². The van der Waals surface area contributed by atoms with Crippen LogP contribution in [0.15, 0.2) is 18.3 Å². The fourth-order valence-corrected chi connectivity index (χ4v) is 0.604. The first-order valence-electron chi connectivity index (χ1n) is 3.23. The van der Waals surface area contributed by atoms with E-state index in [9.17, 15) is 0 Å². The molecule has 0 saturated heterocycles. The molecule has 0 atom stereocenters. The topological polar surface area (TPSA) is 22.1 Å². The highest BCUT2D eigenvalue weighted by Gasteiger charge is 1.80. The lowest BCUT2D eigenvalue weighted by Crippen LogP contribution is -1.82. The first-order chi connectivity index (χ1) is 5.43. The maximum absolute atomic E-state index is 4.76. The molecule has 1 rings (SSSR count). The molecule has 2 nitrogen and oxygen atoms in total. The van der Waals surface area contributed by atoms with Crippen molar-refractivity contribution in [3.05, 3.63) is 30.1 Å². The van der Waals surface area contributed by atoms with Crippen LogP contribution in [0.25, 0.3) is 0 Å². The normalized spacial score (nSPS) is 8.45. The summed E-state index contributed by atoms with van der Waals surface area (Å²) in [4.78, 5) is 3.80. The van der Waals surface area contributed by atoms with Crippen molar-refractivity contribution in [1.82, 2.24) is 4.98 Å². The van der Waals surface area contributed by atoms with Gasteiger partial charge in [-0.1, -0.05) is 11.8 Å². The van der Waals surface area contributed by atoms with Crippen LogP contribution in [0.4, 0.5) is 0 Å². The van der Waals surface area contributed by atoms with Gasteiger partial charge in [-0.3, -0.25) is 4.98 Å². The van der Waals surface area contributed by atoms with Gasteiger partial charge in [0.25, 0.3) is 0 Å². The van der Waals surface area contributed by atoms with Gasteiger partial charge in [-0.15, -0.1) is 0 Å². The maximum Gasteiger partial charge on any atom is 0.107 e. The van der Waals surface area contributed by atoms with Crippen molar-refractivity contribution in [1.29, 1.82) is 0 Å². The zero-order valence-electron chi connectivity index (χ0n) is 6.29. The highest BCUT2D eigenvalue weighted by atomic mass is 16.5. The van der Waals surface area contributed by atoms with Gasteiger partial charge in [-0.2, -0.15) is 0 Å². The van der Waals surface area contributed by atoms with E-state index in [4.69, 9.17) is 4.74 Å². The third kappa shape index (κ3) is 2.83. The molecule has 0 amide bonds. The molecular formula is C9H8NO. The minimum absolute atomic E-state index is 0.457. The monoisotopic (exact) mass is 146 g/mol. The fraction of sp³-hybridized carbons (Fsp3) is 0.222. The van der Waals surface area contributed by atoms with Crippen LogP contribution in [0.1, 0.15) is 5.56 Å². The minimum Gasteiger partial charge on any atom is -0.372 e. The number of methoxy groups -OCH3 is 1. The zero-order chi connectivity index (χ0) is 7.94. The second-order valence-corrected chi connectivity index (χ2v) is 1.91. The van der Waals surface area contributed by atoms with Crippen LogP contribution in [0.5, 0.6) is 0 Å². The number of nitrogens with zero attached hydrogens (tertiary/aromatic N) is 1. The summed E-state index contributed by atoms with van der Waals surface area (Å²) >= 11 is 0. The average molecular weight is 146 g/mol. The molecule has 1 aromatic heterocycles. The van der Waals surface area contributed by atoms with Crippen molar-refractivity contribution in [3.63, 3.8) is 0 Å². The molecule has 0 aromatic carbocycles. The molecule has 1 radical (unpaired) electrons. The lowest BCUT2D eigenvalue weighted by atomic mass is 10.3. The standard InChI is InChI=1S/C9H8NO/c1-11-7-3-5-9-4-2-6-10-8-9/h2,4,8H,7H2,1H3. The number of hydrogen-bond donors (Lipinski definition) is 0. The Morgan fingerprint density at radius 1 is 1.73 bits per heavy atom. The molecule has 0 N–H and O–H groups in total. The summed E-state index contributed by atoms with van der Waals surface area (Å²) in [7, 11) is 1.62. The van der Waals surface area contributed by atoms with Crippen LogP contribution in [0.3, 0.4) is 0 Å². The predicted molar refractivity (Wildman–Crippen MR) is 41.8 cm³/mol. The second kappa shape index (κ2) is 4.48. The lowest BCUT2D eigenvalue weighted by Gasteiger charge is -1.85. The fourth-order valence-electron chi connectivity index (χ4n) is 0.604. The molecule has 0 bridgehead atoms. The zero-order valence-corrected chi connectivity index (χ0v) is 6.29. The van der Waals surface area contributed by atoms with Gasteiger partial charge >= 0.3 is 0 Å². The molecule has 1 heterocycles. The molecule has 11 heavy (non-hydrogen) atoms. The smallest absolute Gasteiger partial charge is 0.107 e. The summed E-state index contributed by atoms with van der Waals surface area (Å²) in [6.07, 6.45) is 4.34. The number of aromatic nitrogens is 1.